The fourth-order valence-corrected chi connectivity index (χ4v) is 2.26. The van der Waals surface area contributed by atoms with E-state index in [-0.39, 0.29) is 0 Å². The van der Waals surface area contributed by atoms with E-state index in [1.54, 1.807) is 0 Å². The fraction of sp³-hybridized carbons (Fsp3) is 0.615. The van der Waals surface area contributed by atoms with Crippen molar-refractivity contribution in [3.05, 3.63) is 24.5 Å². The predicted molar refractivity (Wildman–Crippen MR) is 67.7 cm³/mol. The zero-order valence-corrected chi connectivity index (χ0v) is 10.3. The van der Waals surface area contributed by atoms with Crippen molar-refractivity contribution in [3.63, 3.8) is 0 Å². The first kappa shape index (κ1) is 11.4. The first-order valence-electron chi connectivity index (χ1n) is 6.13. The highest BCUT2D eigenvalue weighted by molar-refractivity contribution is 5.44. The quantitative estimate of drug-likeness (QED) is 0.773. The topological polar surface area (TPSA) is 19.4 Å². The summed E-state index contributed by atoms with van der Waals surface area (Å²) in [5.74, 6) is 0.771. The maximum absolute atomic E-state index is 4.06. The zero-order chi connectivity index (χ0) is 11.4. The number of nitrogens with zero attached hydrogens (tertiary/aromatic N) is 3. The molecule has 0 aromatic carbocycles. The number of aromatic nitrogens is 1. The van der Waals surface area contributed by atoms with Crippen LogP contribution in [0.1, 0.15) is 13.8 Å². The van der Waals surface area contributed by atoms with Gasteiger partial charge in [0.05, 0.1) is 0 Å². The Hall–Kier alpha value is -1.09. The molecule has 16 heavy (non-hydrogen) atoms. The van der Waals surface area contributed by atoms with Gasteiger partial charge < -0.3 is 4.90 Å². The Labute approximate surface area is 98.1 Å². The maximum atomic E-state index is 4.06. The van der Waals surface area contributed by atoms with Gasteiger partial charge in [0.2, 0.25) is 0 Å². The van der Waals surface area contributed by atoms with Crippen LogP contribution in [0, 0.1) is 5.92 Å². The van der Waals surface area contributed by atoms with Gasteiger partial charge in [0.15, 0.2) is 0 Å². The lowest BCUT2D eigenvalue weighted by molar-refractivity contribution is 0.231. The van der Waals surface area contributed by atoms with Crippen molar-refractivity contribution < 1.29 is 0 Å². The van der Waals surface area contributed by atoms with Crippen LogP contribution in [-0.4, -0.2) is 42.6 Å². The van der Waals surface area contributed by atoms with E-state index in [2.05, 4.69) is 40.8 Å². The summed E-state index contributed by atoms with van der Waals surface area (Å²) in [5.41, 5.74) is 1.30. The highest BCUT2D eigenvalue weighted by Crippen LogP contribution is 2.15. The molecule has 1 aromatic heterocycles. The number of anilines is 1. The minimum absolute atomic E-state index is 0.771. The van der Waals surface area contributed by atoms with Gasteiger partial charge in [0.1, 0.15) is 0 Å². The summed E-state index contributed by atoms with van der Waals surface area (Å²) in [6.07, 6.45) is 3.74. The number of pyridine rings is 1. The van der Waals surface area contributed by atoms with Crippen LogP contribution in [0.5, 0.6) is 0 Å². The highest BCUT2D eigenvalue weighted by atomic mass is 15.3. The van der Waals surface area contributed by atoms with E-state index in [1.165, 1.54) is 25.3 Å². The molecule has 3 nitrogen and oxygen atoms in total. The summed E-state index contributed by atoms with van der Waals surface area (Å²) in [5, 5.41) is 0. The standard InChI is InChI=1S/C13H21N3/c1-12(2)11-15-7-9-16(10-8-15)13-3-5-14-6-4-13/h3-6,12H,7-11H2,1-2H3. The molecule has 2 rings (SSSR count). The van der Waals surface area contributed by atoms with Crippen LogP contribution in [0.4, 0.5) is 5.69 Å². The smallest absolute Gasteiger partial charge is 0.0397 e. The van der Waals surface area contributed by atoms with Crippen LogP contribution in [0.25, 0.3) is 0 Å². The minimum Gasteiger partial charge on any atom is -0.369 e. The first-order chi connectivity index (χ1) is 7.75. The van der Waals surface area contributed by atoms with Crippen molar-refractivity contribution in [1.82, 2.24) is 9.88 Å². The van der Waals surface area contributed by atoms with E-state index in [9.17, 15) is 0 Å². The number of rotatable bonds is 3. The average Bonchev–Trinajstić information content (AvgIpc) is 2.30. The third-order valence-corrected chi connectivity index (χ3v) is 3.02. The molecule has 0 spiro atoms. The van der Waals surface area contributed by atoms with Gasteiger partial charge in [-0.25, -0.2) is 0 Å². The molecule has 88 valence electrons. The molecule has 0 saturated carbocycles. The Morgan fingerprint density at radius 2 is 1.75 bits per heavy atom. The lowest BCUT2D eigenvalue weighted by Crippen LogP contribution is -2.47. The Balaban J connectivity index is 1.86. The van der Waals surface area contributed by atoms with Crippen LogP contribution in [0.2, 0.25) is 0 Å². The monoisotopic (exact) mass is 219 g/mol. The predicted octanol–water partition coefficient (Wildman–Crippen LogP) is 1.86. The molecule has 0 N–H and O–H groups in total. The third kappa shape index (κ3) is 2.95. The number of hydrogen-bond acceptors (Lipinski definition) is 3. The largest absolute Gasteiger partial charge is 0.369 e. The summed E-state index contributed by atoms with van der Waals surface area (Å²) < 4.78 is 0. The van der Waals surface area contributed by atoms with Crippen molar-refractivity contribution in [2.75, 3.05) is 37.6 Å². The highest BCUT2D eigenvalue weighted by Gasteiger charge is 2.17. The second-order valence-electron chi connectivity index (χ2n) is 4.89. The molecule has 1 aliphatic heterocycles. The summed E-state index contributed by atoms with van der Waals surface area (Å²) in [6.45, 7) is 10.4. The minimum atomic E-state index is 0.771. The molecule has 0 aliphatic carbocycles. The van der Waals surface area contributed by atoms with Gasteiger partial charge in [0.25, 0.3) is 0 Å². The molecule has 2 heterocycles. The molecular formula is C13H21N3. The molecule has 0 unspecified atom stereocenters. The third-order valence-electron chi connectivity index (χ3n) is 3.02. The molecule has 0 bridgehead atoms. The van der Waals surface area contributed by atoms with Gasteiger partial charge in [0, 0.05) is 50.8 Å². The van der Waals surface area contributed by atoms with Crippen LogP contribution in [0.3, 0.4) is 0 Å². The van der Waals surface area contributed by atoms with E-state index in [0.717, 1.165) is 19.0 Å². The normalized spacial score (nSPS) is 18.1. The van der Waals surface area contributed by atoms with Crippen LogP contribution >= 0.6 is 0 Å². The van der Waals surface area contributed by atoms with Gasteiger partial charge in [-0.15, -0.1) is 0 Å². The fourth-order valence-electron chi connectivity index (χ4n) is 2.26. The van der Waals surface area contributed by atoms with E-state index >= 15 is 0 Å². The van der Waals surface area contributed by atoms with Crippen LogP contribution in [-0.2, 0) is 0 Å². The van der Waals surface area contributed by atoms with Crippen molar-refractivity contribution >= 4 is 5.69 Å². The Kier molecular flexibility index (Phi) is 3.78. The van der Waals surface area contributed by atoms with E-state index in [1.807, 2.05) is 12.4 Å². The Morgan fingerprint density at radius 3 is 2.31 bits per heavy atom. The molecule has 1 aromatic rings. The molecular weight excluding hydrogens is 198 g/mol. The zero-order valence-electron chi connectivity index (χ0n) is 10.3. The maximum Gasteiger partial charge on any atom is 0.0397 e. The summed E-state index contributed by atoms with van der Waals surface area (Å²) in [6, 6.07) is 4.19. The second-order valence-corrected chi connectivity index (χ2v) is 4.89. The van der Waals surface area contributed by atoms with E-state index in [4.69, 9.17) is 0 Å². The summed E-state index contributed by atoms with van der Waals surface area (Å²) in [4.78, 5) is 9.06. The van der Waals surface area contributed by atoms with Crippen molar-refractivity contribution in [1.29, 1.82) is 0 Å². The summed E-state index contributed by atoms with van der Waals surface area (Å²) in [7, 11) is 0. The van der Waals surface area contributed by atoms with Crippen molar-refractivity contribution in [2.45, 2.75) is 13.8 Å². The van der Waals surface area contributed by atoms with Gasteiger partial charge >= 0.3 is 0 Å². The lowest BCUT2D eigenvalue weighted by atomic mass is 10.2. The number of hydrogen-bond donors (Lipinski definition) is 0. The van der Waals surface area contributed by atoms with Gasteiger partial charge in [-0.1, -0.05) is 13.8 Å². The van der Waals surface area contributed by atoms with E-state index < -0.39 is 0 Å². The Morgan fingerprint density at radius 1 is 1.12 bits per heavy atom. The van der Waals surface area contributed by atoms with Crippen molar-refractivity contribution in [3.8, 4) is 0 Å². The molecule has 1 fully saturated rings. The van der Waals surface area contributed by atoms with Crippen molar-refractivity contribution in [2.24, 2.45) is 5.92 Å². The van der Waals surface area contributed by atoms with Gasteiger partial charge in [-0.2, -0.15) is 0 Å². The molecule has 1 aliphatic rings. The SMILES string of the molecule is CC(C)CN1CCN(c2ccncc2)CC1. The average molecular weight is 219 g/mol. The molecule has 1 saturated heterocycles. The van der Waals surface area contributed by atoms with Gasteiger partial charge in [-0.05, 0) is 18.1 Å². The second kappa shape index (κ2) is 5.30. The lowest BCUT2D eigenvalue weighted by Gasteiger charge is -2.36. The molecule has 0 atom stereocenters. The molecule has 0 amide bonds. The van der Waals surface area contributed by atoms with Gasteiger partial charge in [-0.3, -0.25) is 9.88 Å². The van der Waals surface area contributed by atoms with Crippen LogP contribution in [0.15, 0.2) is 24.5 Å². The first-order valence-corrected chi connectivity index (χ1v) is 6.13. The van der Waals surface area contributed by atoms with E-state index in [0.29, 0.717) is 0 Å². The molecule has 3 heteroatoms. The molecule has 0 radical (unpaired) electrons. The van der Waals surface area contributed by atoms with Crippen LogP contribution < -0.4 is 4.90 Å². The number of piperazine rings is 1. The summed E-state index contributed by atoms with van der Waals surface area (Å²) >= 11 is 0. The Bertz CT molecular complexity index is 302.